The largest absolute Gasteiger partial charge is 0.296 e. The first kappa shape index (κ1) is 14.3. The van der Waals surface area contributed by atoms with Gasteiger partial charge in [-0.15, -0.1) is 0 Å². The first-order valence-corrected chi connectivity index (χ1v) is 8.48. The Kier molecular flexibility index (Phi) is 3.83. The van der Waals surface area contributed by atoms with E-state index < -0.39 is 10.1 Å². The molecular weight excluding hydrogens is 284 g/mol. The normalized spacial score (nSPS) is 15.1. The third-order valence-electron chi connectivity index (χ3n) is 3.90. The van der Waals surface area contributed by atoms with Gasteiger partial charge < -0.3 is 0 Å². The fraction of sp³-hybridized carbons (Fsp3) is 0.294. The van der Waals surface area contributed by atoms with Crippen molar-refractivity contribution >= 4 is 10.1 Å². The third-order valence-corrected chi connectivity index (χ3v) is 5.20. The van der Waals surface area contributed by atoms with Crippen molar-refractivity contribution in [3.63, 3.8) is 0 Å². The third kappa shape index (κ3) is 3.17. The molecule has 0 saturated carbocycles. The van der Waals surface area contributed by atoms with Gasteiger partial charge in [0.05, 0.1) is 11.5 Å². The van der Waals surface area contributed by atoms with E-state index >= 15 is 0 Å². The average molecular weight is 302 g/mol. The summed E-state index contributed by atoms with van der Waals surface area (Å²) in [6, 6.07) is 15.0. The van der Waals surface area contributed by atoms with Crippen molar-refractivity contribution in [3.05, 3.63) is 65.2 Å². The van der Waals surface area contributed by atoms with Crippen LogP contribution >= 0.6 is 0 Å². The first-order chi connectivity index (χ1) is 10.0. The SMILES string of the molecule is Cc1ccc(S(=O)(=O)OCC2Cc3ccccc3C2)cc1. The Labute approximate surface area is 125 Å². The van der Waals surface area contributed by atoms with Crippen molar-refractivity contribution in [2.75, 3.05) is 6.61 Å². The summed E-state index contributed by atoms with van der Waals surface area (Å²) in [4.78, 5) is 0.226. The lowest BCUT2D eigenvalue weighted by atomic mass is 10.1. The molecule has 1 aliphatic carbocycles. The molecule has 4 heteroatoms. The molecule has 2 aromatic rings. The van der Waals surface area contributed by atoms with E-state index in [-0.39, 0.29) is 17.4 Å². The molecule has 0 N–H and O–H groups in total. The highest BCUT2D eigenvalue weighted by atomic mass is 32.2. The Hall–Kier alpha value is -1.65. The zero-order valence-electron chi connectivity index (χ0n) is 12.0. The highest BCUT2D eigenvalue weighted by molar-refractivity contribution is 7.86. The van der Waals surface area contributed by atoms with Gasteiger partial charge in [0.15, 0.2) is 0 Å². The van der Waals surface area contributed by atoms with E-state index in [0.29, 0.717) is 0 Å². The molecule has 0 radical (unpaired) electrons. The first-order valence-electron chi connectivity index (χ1n) is 7.07. The van der Waals surface area contributed by atoms with Gasteiger partial charge in [-0.3, -0.25) is 4.18 Å². The molecule has 0 bridgehead atoms. The molecule has 21 heavy (non-hydrogen) atoms. The summed E-state index contributed by atoms with van der Waals surface area (Å²) < 4.78 is 29.5. The van der Waals surface area contributed by atoms with Crippen molar-refractivity contribution in [2.24, 2.45) is 5.92 Å². The lowest BCUT2D eigenvalue weighted by Gasteiger charge is -2.10. The Morgan fingerprint density at radius 2 is 1.57 bits per heavy atom. The molecule has 0 unspecified atom stereocenters. The van der Waals surface area contributed by atoms with Gasteiger partial charge in [0.25, 0.3) is 10.1 Å². The number of rotatable bonds is 4. The molecule has 0 saturated heterocycles. The number of hydrogen-bond donors (Lipinski definition) is 0. The van der Waals surface area contributed by atoms with E-state index in [2.05, 4.69) is 12.1 Å². The van der Waals surface area contributed by atoms with E-state index in [1.807, 2.05) is 19.1 Å². The van der Waals surface area contributed by atoms with Crippen LogP contribution in [0.2, 0.25) is 0 Å². The summed E-state index contributed by atoms with van der Waals surface area (Å²) >= 11 is 0. The molecule has 2 aromatic carbocycles. The number of hydrogen-bond acceptors (Lipinski definition) is 3. The second-order valence-electron chi connectivity index (χ2n) is 5.59. The zero-order chi connectivity index (χ0) is 14.9. The molecule has 0 heterocycles. The molecule has 3 nitrogen and oxygen atoms in total. The summed E-state index contributed by atoms with van der Waals surface area (Å²) in [7, 11) is -3.65. The number of aryl methyl sites for hydroxylation is 1. The van der Waals surface area contributed by atoms with Crippen LogP contribution < -0.4 is 0 Å². The zero-order valence-corrected chi connectivity index (χ0v) is 12.8. The quantitative estimate of drug-likeness (QED) is 0.815. The summed E-state index contributed by atoms with van der Waals surface area (Å²) in [6.45, 7) is 2.16. The summed E-state index contributed by atoms with van der Waals surface area (Å²) in [5.41, 5.74) is 3.64. The monoisotopic (exact) mass is 302 g/mol. The van der Waals surface area contributed by atoms with Crippen molar-refractivity contribution in [1.82, 2.24) is 0 Å². The van der Waals surface area contributed by atoms with Crippen LogP contribution in [0.15, 0.2) is 53.4 Å². The minimum absolute atomic E-state index is 0.226. The highest BCUT2D eigenvalue weighted by Crippen LogP contribution is 2.27. The van der Waals surface area contributed by atoms with Crippen LogP contribution in [0.1, 0.15) is 16.7 Å². The Morgan fingerprint density at radius 3 is 2.14 bits per heavy atom. The molecule has 110 valence electrons. The van der Waals surface area contributed by atoms with Crippen LogP contribution in [0, 0.1) is 12.8 Å². The second kappa shape index (κ2) is 5.62. The van der Waals surface area contributed by atoms with Crippen LogP contribution in [-0.2, 0) is 27.1 Å². The highest BCUT2D eigenvalue weighted by Gasteiger charge is 2.24. The average Bonchev–Trinajstić information content (AvgIpc) is 2.89. The standard InChI is InChI=1S/C17H18O3S/c1-13-6-8-17(9-7-13)21(18,19)20-12-14-10-15-4-2-3-5-16(15)11-14/h2-9,14H,10-12H2,1H3. The fourth-order valence-corrected chi connectivity index (χ4v) is 3.70. The van der Waals surface area contributed by atoms with Crippen molar-refractivity contribution in [3.8, 4) is 0 Å². The molecule has 0 atom stereocenters. The van der Waals surface area contributed by atoms with Crippen molar-refractivity contribution in [2.45, 2.75) is 24.7 Å². The molecular formula is C17H18O3S. The predicted octanol–water partition coefficient (Wildman–Crippen LogP) is 3.12. The minimum atomic E-state index is -3.65. The van der Waals surface area contributed by atoms with Gasteiger partial charge in [0.2, 0.25) is 0 Å². The van der Waals surface area contributed by atoms with Gasteiger partial charge in [-0.25, -0.2) is 0 Å². The van der Waals surface area contributed by atoms with E-state index in [4.69, 9.17) is 4.18 Å². The molecule has 1 aliphatic rings. The maximum atomic E-state index is 12.2. The molecule has 0 amide bonds. The van der Waals surface area contributed by atoms with Crippen LogP contribution in [0.3, 0.4) is 0 Å². The van der Waals surface area contributed by atoms with Gasteiger partial charge in [-0.2, -0.15) is 8.42 Å². The van der Waals surface area contributed by atoms with Crippen LogP contribution in [-0.4, -0.2) is 15.0 Å². The van der Waals surface area contributed by atoms with Crippen molar-refractivity contribution < 1.29 is 12.6 Å². The lowest BCUT2D eigenvalue weighted by Crippen LogP contribution is -2.15. The van der Waals surface area contributed by atoms with Crippen LogP contribution in [0.5, 0.6) is 0 Å². The van der Waals surface area contributed by atoms with Gasteiger partial charge >= 0.3 is 0 Å². The van der Waals surface area contributed by atoms with Crippen LogP contribution in [0.25, 0.3) is 0 Å². The minimum Gasteiger partial charge on any atom is -0.266 e. The molecule has 3 rings (SSSR count). The van der Waals surface area contributed by atoms with Crippen LogP contribution in [0.4, 0.5) is 0 Å². The topological polar surface area (TPSA) is 43.4 Å². The molecule has 0 spiro atoms. The fourth-order valence-electron chi connectivity index (χ4n) is 2.73. The van der Waals surface area contributed by atoms with Gasteiger partial charge in [0.1, 0.15) is 0 Å². The van der Waals surface area contributed by atoms with Gasteiger partial charge in [0, 0.05) is 0 Å². The second-order valence-corrected chi connectivity index (χ2v) is 7.21. The summed E-state index contributed by atoms with van der Waals surface area (Å²) in [6.07, 6.45) is 1.78. The van der Waals surface area contributed by atoms with E-state index in [1.54, 1.807) is 24.3 Å². The van der Waals surface area contributed by atoms with E-state index in [0.717, 1.165) is 18.4 Å². The lowest BCUT2D eigenvalue weighted by molar-refractivity contribution is 0.259. The Balaban J connectivity index is 1.65. The number of fused-ring (bicyclic) bond motifs is 1. The maximum absolute atomic E-state index is 12.2. The van der Waals surface area contributed by atoms with Gasteiger partial charge in [-0.1, -0.05) is 42.0 Å². The Bertz CT molecular complexity index is 708. The van der Waals surface area contributed by atoms with E-state index in [9.17, 15) is 8.42 Å². The predicted molar refractivity (Wildman–Crippen MR) is 81.7 cm³/mol. The molecule has 0 aromatic heterocycles. The van der Waals surface area contributed by atoms with Crippen molar-refractivity contribution in [1.29, 1.82) is 0 Å². The summed E-state index contributed by atoms with van der Waals surface area (Å²) in [5.74, 6) is 0.239. The van der Waals surface area contributed by atoms with Gasteiger partial charge in [-0.05, 0) is 48.9 Å². The smallest absolute Gasteiger partial charge is 0.266 e. The van der Waals surface area contributed by atoms with E-state index in [1.165, 1.54) is 11.1 Å². The summed E-state index contributed by atoms with van der Waals surface area (Å²) in [5, 5.41) is 0. The molecule has 0 fully saturated rings. The Morgan fingerprint density at radius 1 is 1.00 bits per heavy atom. The maximum Gasteiger partial charge on any atom is 0.296 e. The molecule has 0 aliphatic heterocycles. The number of benzene rings is 2.